The van der Waals surface area contributed by atoms with E-state index in [2.05, 4.69) is 19.9 Å². The van der Waals surface area contributed by atoms with Gasteiger partial charge in [-0.2, -0.15) is 8.42 Å². The van der Waals surface area contributed by atoms with E-state index in [0.29, 0.717) is 11.8 Å². The number of hydrogen-bond donors (Lipinski definition) is 1. The van der Waals surface area contributed by atoms with Crippen LogP contribution in [0, 0.1) is 0 Å². The van der Waals surface area contributed by atoms with E-state index >= 15 is 0 Å². The van der Waals surface area contributed by atoms with Gasteiger partial charge in [0.15, 0.2) is 0 Å². The summed E-state index contributed by atoms with van der Waals surface area (Å²) in [7, 11) is -4.24. The molecule has 1 N–H and O–H groups in total. The summed E-state index contributed by atoms with van der Waals surface area (Å²) in [5.74, 6) is 0. The standard InChI is InChI=1S/C18H24O3S.Na.H/c1-3-5-9-14-13-15-10-7-8-12-17(15)18(22(19,20)21)16(14)11-6-4-2;;/h7-8,10,12-13H,3-6,9,11H2,1-2H3,(H,19,20,21);;/q;+1;-1. The van der Waals surface area contributed by atoms with E-state index in [1.54, 1.807) is 6.07 Å². The van der Waals surface area contributed by atoms with Crippen molar-refractivity contribution in [2.24, 2.45) is 0 Å². The second-order valence-corrected chi connectivity index (χ2v) is 7.11. The normalized spacial score (nSPS) is 11.4. The van der Waals surface area contributed by atoms with E-state index in [1.807, 2.05) is 18.2 Å². The van der Waals surface area contributed by atoms with Crippen molar-refractivity contribution in [3.63, 3.8) is 0 Å². The van der Waals surface area contributed by atoms with Crippen LogP contribution in [0.3, 0.4) is 0 Å². The van der Waals surface area contributed by atoms with Gasteiger partial charge in [0, 0.05) is 5.39 Å². The van der Waals surface area contributed by atoms with Crippen LogP contribution in [0.4, 0.5) is 0 Å². The largest absolute Gasteiger partial charge is 1.00 e. The molecule has 0 fully saturated rings. The third-order valence-corrected chi connectivity index (χ3v) is 5.02. The maximum atomic E-state index is 12.0. The number of fused-ring (bicyclic) bond motifs is 1. The van der Waals surface area contributed by atoms with E-state index in [0.717, 1.165) is 48.6 Å². The first-order valence-electron chi connectivity index (χ1n) is 8.00. The average molecular weight is 344 g/mol. The summed E-state index contributed by atoms with van der Waals surface area (Å²) in [4.78, 5) is 0.116. The predicted molar refractivity (Wildman–Crippen MR) is 92.1 cm³/mol. The molecule has 0 heterocycles. The summed E-state index contributed by atoms with van der Waals surface area (Å²) in [6.45, 7) is 4.20. The first-order chi connectivity index (χ1) is 10.5. The van der Waals surface area contributed by atoms with E-state index in [4.69, 9.17) is 0 Å². The topological polar surface area (TPSA) is 54.4 Å². The fraction of sp³-hybridized carbons (Fsp3) is 0.444. The Morgan fingerprint density at radius 1 is 1.04 bits per heavy atom. The van der Waals surface area contributed by atoms with Crippen molar-refractivity contribution < 1.29 is 44.0 Å². The third-order valence-electron chi connectivity index (χ3n) is 4.03. The van der Waals surface area contributed by atoms with Gasteiger partial charge in [-0.25, -0.2) is 0 Å². The summed E-state index contributed by atoms with van der Waals surface area (Å²) in [5.41, 5.74) is 1.86. The Morgan fingerprint density at radius 2 is 1.65 bits per heavy atom. The molecule has 0 aliphatic carbocycles. The van der Waals surface area contributed by atoms with E-state index in [-0.39, 0.29) is 35.9 Å². The van der Waals surface area contributed by atoms with Crippen LogP contribution >= 0.6 is 0 Å². The van der Waals surface area contributed by atoms with Gasteiger partial charge < -0.3 is 1.43 Å². The number of unbranched alkanes of at least 4 members (excludes halogenated alkanes) is 2. The summed E-state index contributed by atoms with van der Waals surface area (Å²) in [6, 6.07) is 9.48. The van der Waals surface area contributed by atoms with Crippen LogP contribution in [0.25, 0.3) is 10.8 Å². The molecule has 0 amide bonds. The molecule has 0 atom stereocenters. The smallest absolute Gasteiger partial charge is 1.00 e. The molecule has 0 aliphatic rings. The maximum absolute atomic E-state index is 12.0. The molecule has 0 bridgehead atoms. The number of aryl methyl sites for hydroxylation is 1. The Bertz CT molecular complexity index is 760. The Kier molecular flexibility index (Phi) is 8.25. The number of hydrogen-bond acceptors (Lipinski definition) is 2. The summed E-state index contributed by atoms with van der Waals surface area (Å²) < 4.78 is 33.8. The third kappa shape index (κ3) is 5.04. The van der Waals surface area contributed by atoms with Crippen LogP contribution in [0.15, 0.2) is 35.2 Å². The summed E-state index contributed by atoms with van der Waals surface area (Å²) in [5, 5.41) is 1.50. The van der Waals surface area contributed by atoms with Crippen molar-refractivity contribution in [2.75, 3.05) is 0 Å². The summed E-state index contributed by atoms with van der Waals surface area (Å²) >= 11 is 0. The fourth-order valence-corrected chi connectivity index (χ4v) is 3.93. The van der Waals surface area contributed by atoms with Crippen LogP contribution in [0.1, 0.15) is 52.1 Å². The van der Waals surface area contributed by atoms with Crippen LogP contribution in [-0.4, -0.2) is 13.0 Å². The van der Waals surface area contributed by atoms with Gasteiger partial charge in [-0.1, -0.05) is 57.0 Å². The number of rotatable bonds is 7. The molecule has 0 radical (unpaired) electrons. The molecule has 0 saturated carbocycles. The van der Waals surface area contributed by atoms with Crippen molar-refractivity contribution in [1.82, 2.24) is 0 Å². The van der Waals surface area contributed by atoms with Crippen molar-refractivity contribution in [1.29, 1.82) is 0 Å². The van der Waals surface area contributed by atoms with Crippen molar-refractivity contribution in [3.05, 3.63) is 41.5 Å². The van der Waals surface area contributed by atoms with Gasteiger partial charge in [-0.15, -0.1) is 0 Å². The second kappa shape index (κ2) is 9.19. The van der Waals surface area contributed by atoms with Crippen LogP contribution in [0.2, 0.25) is 0 Å². The molecule has 23 heavy (non-hydrogen) atoms. The maximum Gasteiger partial charge on any atom is 1.00 e. The van der Waals surface area contributed by atoms with Crippen molar-refractivity contribution >= 4 is 20.9 Å². The molecule has 2 aromatic carbocycles. The van der Waals surface area contributed by atoms with E-state index < -0.39 is 10.1 Å². The minimum atomic E-state index is -4.24. The van der Waals surface area contributed by atoms with Gasteiger partial charge in [-0.05, 0) is 42.2 Å². The minimum Gasteiger partial charge on any atom is -1.00 e. The molecule has 0 spiro atoms. The average Bonchev–Trinajstić information content (AvgIpc) is 2.48. The molecule has 0 aromatic heterocycles. The van der Waals surface area contributed by atoms with Gasteiger partial charge in [0.05, 0.1) is 0 Å². The first kappa shape index (κ1) is 20.7. The molecular formula is C18H25NaO3S. The minimum absolute atomic E-state index is 0. The van der Waals surface area contributed by atoms with Crippen LogP contribution in [0.5, 0.6) is 0 Å². The second-order valence-electron chi connectivity index (χ2n) is 5.75. The molecule has 0 saturated heterocycles. The molecule has 122 valence electrons. The first-order valence-corrected chi connectivity index (χ1v) is 9.44. The number of benzene rings is 2. The quantitative estimate of drug-likeness (QED) is 0.616. The van der Waals surface area contributed by atoms with Gasteiger partial charge >= 0.3 is 29.6 Å². The zero-order valence-electron chi connectivity index (χ0n) is 15.3. The predicted octanol–water partition coefficient (Wildman–Crippen LogP) is 1.89. The molecule has 0 unspecified atom stereocenters. The van der Waals surface area contributed by atoms with Crippen molar-refractivity contribution in [2.45, 2.75) is 57.3 Å². The Morgan fingerprint density at radius 3 is 2.26 bits per heavy atom. The monoisotopic (exact) mass is 344 g/mol. The summed E-state index contributed by atoms with van der Waals surface area (Å²) in [6.07, 6.45) is 5.52. The van der Waals surface area contributed by atoms with Crippen LogP contribution < -0.4 is 29.6 Å². The fourth-order valence-electron chi connectivity index (χ4n) is 2.93. The van der Waals surface area contributed by atoms with Gasteiger partial charge in [-0.3, -0.25) is 4.55 Å². The Hall–Kier alpha value is -0.390. The van der Waals surface area contributed by atoms with E-state index in [1.165, 1.54) is 0 Å². The SMILES string of the molecule is CCCCc1cc2ccccc2c(S(=O)(=O)O)c1CCCC.[H-].[Na+]. The molecule has 2 rings (SSSR count). The van der Waals surface area contributed by atoms with Gasteiger partial charge in [0.25, 0.3) is 10.1 Å². The Balaban J connectivity index is 0.00000264. The molecule has 3 nitrogen and oxygen atoms in total. The van der Waals surface area contributed by atoms with Gasteiger partial charge in [0.2, 0.25) is 0 Å². The molecule has 0 aliphatic heterocycles. The molecule has 5 heteroatoms. The zero-order valence-corrected chi connectivity index (χ0v) is 17.1. The van der Waals surface area contributed by atoms with Crippen molar-refractivity contribution in [3.8, 4) is 0 Å². The van der Waals surface area contributed by atoms with Crippen LogP contribution in [-0.2, 0) is 23.0 Å². The molecule has 2 aromatic rings. The Labute approximate surface area is 163 Å². The van der Waals surface area contributed by atoms with E-state index in [9.17, 15) is 13.0 Å². The van der Waals surface area contributed by atoms with Gasteiger partial charge in [0.1, 0.15) is 4.90 Å². The zero-order chi connectivity index (χ0) is 16.2. The molecular weight excluding hydrogens is 319 g/mol.